The molecule has 0 spiro atoms. The summed E-state index contributed by atoms with van der Waals surface area (Å²) in [6.07, 6.45) is 7.36. The largest absolute Gasteiger partial charge is 0.453 e. The van der Waals surface area contributed by atoms with E-state index in [1.807, 2.05) is 32.0 Å². The average molecular weight is 593 g/mol. The lowest BCUT2D eigenvalue weighted by Gasteiger charge is -2.31. The lowest BCUT2D eigenvalue weighted by Crippen LogP contribution is -2.50. The molecule has 2 atom stereocenters. The van der Waals surface area contributed by atoms with E-state index in [9.17, 15) is 19.2 Å². The van der Waals surface area contributed by atoms with E-state index in [2.05, 4.69) is 21.0 Å². The molecule has 2 heterocycles. The first-order chi connectivity index (χ1) is 20.7. The number of hydrogen-bond acceptors (Lipinski definition) is 6. The third-order valence-corrected chi connectivity index (χ3v) is 9.48. The number of likely N-dealkylation sites (tertiary alicyclic amines) is 1. The molecule has 2 saturated carbocycles. The second-order valence-corrected chi connectivity index (χ2v) is 12.3. The molecule has 0 radical (unpaired) electrons. The number of hydrogen-bond donors (Lipinski definition) is 3. The fourth-order valence-corrected chi connectivity index (χ4v) is 6.62. The summed E-state index contributed by atoms with van der Waals surface area (Å²) in [5, 5.41) is 13.4. The number of aryl methyl sites for hydroxylation is 1. The molecule has 3 aliphatic rings. The third kappa shape index (κ3) is 6.55. The summed E-state index contributed by atoms with van der Waals surface area (Å²) in [4.78, 5) is 55.1. The van der Waals surface area contributed by atoms with Crippen LogP contribution in [-0.4, -0.2) is 70.8 Å². The Hall–Kier alpha value is -3.89. The van der Waals surface area contributed by atoms with Crippen molar-refractivity contribution in [3.8, 4) is 0 Å². The van der Waals surface area contributed by atoms with Crippen molar-refractivity contribution in [3.05, 3.63) is 47.8 Å². The summed E-state index contributed by atoms with van der Waals surface area (Å²) < 4.78 is 6.47. The van der Waals surface area contributed by atoms with Gasteiger partial charge in [-0.3, -0.25) is 19.1 Å². The fourth-order valence-electron chi connectivity index (χ4n) is 6.62. The molecule has 43 heavy (non-hydrogen) atoms. The first-order valence-electron chi connectivity index (χ1n) is 15.5. The zero-order valence-corrected chi connectivity index (χ0v) is 25.6. The van der Waals surface area contributed by atoms with E-state index in [0.29, 0.717) is 36.2 Å². The number of nitrogens with one attached hydrogen (secondary N) is 3. The molecule has 2 aliphatic carbocycles. The summed E-state index contributed by atoms with van der Waals surface area (Å²) in [5.41, 5.74) is 0.664. The van der Waals surface area contributed by atoms with Gasteiger partial charge in [-0.05, 0) is 86.5 Å². The van der Waals surface area contributed by atoms with E-state index < -0.39 is 17.6 Å². The molecular weight excluding hydrogens is 548 g/mol. The maximum Gasteiger partial charge on any atom is 0.409 e. The van der Waals surface area contributed by atoms with Gasteiger partial charge in [-0.15, -0.1) is 0 Å². The van der Waals surface area contributed by atoms with Crippen LogP contribution in [0, 0.1) is 17.8 Å². The van der Waals surface area contributed by atoms with Crippen LogP contribution in [0.3, 0.4) is 0 Å². The highest BCUT2D eigenvalue weighted by molar-refractivity contribution is 6.01. The molecule has 2 aromatic rings. The van der Waals surface area contributed by atoms with Gasteiger partial charge in [-0.1, -0.05) is 26.0 Å². The zero-order chi connectivity index (χ0) is 30.7. The van der Waals surface area contributed by atoms with Crippen LogP contribution in [0.2, 0.25) is 0 Å². The molecule has 1 saturated heterocycles. The van der Waals surface area contributed by atoms with Crippen molar-refractivity contribution >= 4 is 29.5 Å². The minimum absolute atomic E-state index is 0.0185. The molecule has 11 nitrogen and oxygen atoms in total. The van der Waals surface area contributed by atoms with Gasteiger partial charge in [0.05, 0.1) is 12.5 Å². The second-order valence-electron chi connectivity index (χ2n) is 12.3. The standard InChI is InChI=1S/C32H44N6O5/c1-5-23(6-2)35-30(41)32(15-17-38(19-32)31(42)43-4)22-8-7-9-24(18-22)34-29(40)27(26(20-10-11-20)21-12-13-21)36-28(39)25-14-16-33-37(25)3/h7-9,14,16,18,20-21,23,26-27H,5-6,10-13,15,17,19H2,1-4H3,(H,34,40)(H,35,41)(H,36,39)/t27-,32?/m0/s1. The van der Waals surface area contributed by atoms with E-state index in [0.717, 1.165) is 44.1 Å². The Bertz CT molecular complexity index is 1340. The number of amides is 4. The smallest absolute Gasteiger partial charge is 0.409 e. The predicted molar refractivity (Wildman–Crippen MR) is 161 cm³/mol. The molecule has 232 valence electrons. The molecule has 3 fully saturated rings. The lowest BCUT2D eigenvalue weighted by atomic mass is 9.78. The van der Waals surface area contributed by atoms with Crippen LogP contribution in [-0.2, 0) is 26.8 Å². The van der Waals surface area contributed by atoms with Crippen LogP contribution >= 0.6 is 0 Å². The molecule has 1 unspecified atom stereocenters. The Labute approximate surface area is 253 Å². The normalized spacial score (nSPS) is 20.7. The molecular formula is C32H44N6O5. The number of aromatic nitrogens is 2. The van der Waals surface area contributed by atoms with Gasteiger partial charge in [-0.25, -0.2) is 4.79 Å². The summed E-state index contributed by atoms with van der Waals surface area (Å²) in [6, 6.07) is 8.29. The van der Waals surface area contributed by atoms with Gasteiger partial charge in [-0.2, -0.15) is 5.10 Å². The zero-order valence-electron chi connectivity index (χ0n) is 25.6. The fraction of sp³-hybridized carbons (Fsp3) is 0.594. The van der Waals surface area contributed by atoms with Gasteiger partial charge in [0.25, 0.3) is 5.91 Å². The van der Waals surface area contributed by atoms with Crippen LogP contribution < -0.4 is 16.0 Å². The SMILES string of the molecule is CCC(CC)NC(=O)C1(c2cccc(NC(=O)[C@@H](NC(=O)c3ccnn3C)C(C3CC3)C3CC3)c2)CCN(C(=O)OC)C1. The molecule has 1 aliphatic heterocycles. The molecule has 11 heteroatoms. The van der Waals surface area contributed by atoms with Crippen molar-refractivity contribution in [2.24, 2.45) is 24.8 Å². The number of methoxy groups -OCH3 is 1. The van der Waals surface area contributed by atoms with E-state index in [-0.39, 0.29) is 36.2 Å². The summed E-state index contributed by atoms with van der Waals surface area (Å²) >= 11 is 0. The van der Waals surface area contributed by atoms with Gasteiger partial charge in [0, 0.05) is 38.1 Å². The van der Waals surface area contributed by atoms with E-state index in [1.165, 1.54) is 11.8 Å². The molecule has 1 aromatic heterocycles. The van der Waals surface area contributed by atoms with Crippen molar-refractivity contribution < 1.29 is 23.9 Å². The van der Waals surface area contributed by atoms with Crippen molar-refractivity contribution in [3.63, 3.8) is 0 Å². The van der Waals surface area contributed by atoms with Crippen molar-refractivity contribution in [2.45, 2.75) is 76.3 Å². The van der Waals surface area contributed by atoms with E-state index >= 15 is 0 Å². The second kappa shape index (κ2) is 12.8. The van der Waals surface area contributed by atoms with Gasteiger partial charge in [0.2, 0.25) is 11.8 Å². The Kier molecular flexibility index (Phi) is 9.08. The van der Waals surface area contributed by atoms with Gasteiger partial charge in [0.15, 0.2) is 0 Å². The third-order valence-electron chi connectivity index (χ3n) is 9.48. The minimum Gasteiger partial charge on any atom is -0.453 e. The number of carbonyl (C=O) groups excluding carboxylic acids is 4. The highest BCUT2D eigenvalue weighted by atomic mass is 16.5. The Balaban J connectivity index is 1.41. The van der Waals surface area contributed by atoms with Crippen LogP contribution in [0.15, 0.2) is 36.5 Å². The van der Waals surface area contributed by atoms with Gasteiger partial charge >= 0.3 is 6.09 Å². The Morgan fingerprint density at radius 1 is 1.05 bits per heavy atom. The quantitative estimate of drug-likeness (QED) is 0.345. The summed E-state index contributed by atoms with van der Waals surface area (Å²) in [7, 11) is 3.04. The molecule has 3 N–H and O–H groups in total. The highest BCUT2D eigenvalue weighted by Crippen LogP contribution is 2.51. The number of carbonyl (C=O) groups is 4. The average Bonchev–Trinajstić information content (AvgIpc) is 3.94. The van der Waals surface area contributed by atoms with Crippen molar-refractivity contribution in [1.82, 2.24) is 25.3 Å². The molecule has 4 amide bonds. The van der Waals surface area contributed by atoms with Crippen molar-refractivity contribution in [1.29, 1.82) is 0 Å². The maximum absolute atomic E-state index is 14.0. The highest BCUT2D eigenvalue weighted by Gasteiger charge is 2.50. The Morgan fingerprint density at radius 2 is 1.74 bits per heavy atom. The van der Waals surface area contributed by atoms with Crippen molar-refractivity contribution in [2.75, 3.05) is 25.5 Å². The number of benzene rings is 1. The van der Waals surface area contributed by atoms with Gasteiger partial charge < -0.3 is 25.6 Å². The molecule has 5 rings (SSSR count). The minimum atomic E-state index is -0.991. The van der Waals surface area contributed by atoms with Crippen LogP contribution in [0.1, 0.15) is 74.8 Å². The number of anilines is 1. The van der Waals surface area contributed by atoms with Crippen LogP contribution in [0.5, 0.6) is 0 Å². The maximum atomic E-state index is 14.0. The monoisotopic (exact) mass is 592 g/mol. The lowest BCUT2D eigenvalue weighted by molar-refractivity contribution is -0.127. The molecule has 0 bridgehead atoms. The van der Waals surface area contributed by atoms with Gasteiger partial charge in [0.1, 0.15) is 11.7 Å². The number of ether oxygens (including phenoxy) is 1. The van der Waals surface area contributed by atoms with Crippen LogP contribution in [0.25, 0.3) is 0 Å². The van der Waals surface area contributed by atoms with E-state index in [4.69, 9.17) is 4.74 Å². The number of rotatable bonds is 12. The molecule has 1 aromatic carbocycles. The topological polar surface area (TPSA) is 135 Å². The summed E-state index contributed by atoms with van der Waals surface area (Å²) in [6.45, 7) is 4.63. The first-order valence-corrected chi connectivity index (χ1v) is 15.5. The Morgan fingerprint density at radius 3 is 2.33 bits per heavy atom. The van der Waals surface area contributed by atoms with E-state index in [1.54, 1.807) is 30.3 Å². The first kappa shape index (κ1) is 30.6. The summed E-state index contributed by atoms with van der Waals surface area (Å²) in [5.74, 6) is 0.170. The van der Waals surface area contributed by atoms with Crippen LogP contribution in [0.4, 0.5) is 10.5 Å². The predicted octanol–water partition coefficient (Wildman–Crippen LogP) is 3.61. The number of nitrogens with zero attached hydrogens (tertiary/aromatic N) is 3.